The average molecular weight is 184 g/mol. The van der Waals surface area contributed by atoms with Gasteiger partial charge in [-0.2, -0.15) is 16.7 Å². The number of thioether (sulfide) groups is 1. The van der Waals surface area contributed by atoms with Gasteiger partial charge in [0.2, 0.25) is 5.95 Å². The Balaban J connectivity index is 3.03. The van der Waals surface area contributed by atoms with Crippen LogP contribution < -0.4 is 5.73 Å². The van der Waals surface area contributed by atoms with Crippen LogP contribution in [0.2, 0.25) is 0 Å². The molecule has 0 saturated heterocycles. The van der Waals surface area contributed by atoms with Gasteiger partial charge in [-0.15, -0.1) is 0 Å². The molecule has 0 atom stereocenters. The summed E-state index contributed by atoms with van der Waals surface area (Å²) in [6.07, 6.45) is 3.45. The third-order valence-electron chi connectivity index (χ3n) is 1.64. The summed E-state index contributed by atoms with van der Waals surface area (Å²) in [6.45, 7) is 4.10. The van der Waals surface area contributed by atoms with E-state index < -0.39 is 0 Å². The third kappa shape index (κ3) is 1.85. The average Bonchev–Trinajstić information content (AvgIpc) is 2.05. The van der Waals surface area contributed by atoms with E-state index in [2.05, 4.69) is 15.0 Å². The minimum atomic E-state index is -0.100. The van der Waals surface area contributed by atoms with E-state index in [0.717, 1.165) is 5.82 Å². The van der Waals surface area contributed by atoms with Gasteiger partial charge in [0.1, 0.15) is 12.2 Å². The van der Waals surface area contributed by atoms with Crippen LogP contribution in [0.3, 0.4) is 0 Å². The SMILES string of the molecule is CSC(C)(C)c1ncnc(N)n1. The lowest BCUT2D eigenvalue weighted by Crippen LogP contribution is -2.17. The van der Waals surface area contributed by atoms with Crippen LogP contribution in [0.4, 0.5) is 5.95 Å². The fourth-order valence-corrected chi connectivity index (χ4v) is 0.971. The molecule has 66 valence electrons. The van der Waals surface area contributed by atoms with E-state index in [4.69, 9.17) is 5.73 Å². The second-order valence-electron chi connectivity index (χ2n) is 2.88. The van der Waals surface area contributed by atoms with Gasteiger partial charge in [0.25, 0.3) is 0 Å². The van der Waals surface area contributed by atoms with Crippen LogP contribution in [0.1, 0.15) is 19.7 Å². The highest BCUT2D eigenvalue weighted by atomic mass is 32.2. The number of anilines is 1. The van der Waals surface area contributed by atoms with Gasteiger partial charge in [0.15, 0.2) is 0 Å². The molecule has 0 spiro atoms. The molecular formula is C7H12N4S. The molecule has 0 aliphatic carbocycles. The lowest BCUT2D eigenvalue weighted by molar-refractivity contribution is 0.702. The summed E-state index contributed by atoms with van der Waals surface area (Å²) in [6, 6.07) is 0. The second kappa shape index (κ2) is 3.26. The normalized spacial score (nSPS) is 11.6. The number of nitrogens with zero attached hydrogens (tertiary/aromatic N) is 3. The highest BCUT2D eigenvalue weighted by Gasteiger charge is 2.22. The number of nitrogen functional groups attached to an aromatic ring is 1. The van der Waals surface area contributed by atoms with Crippen LogP contribution in [0.5, 0.6) is 0 Å². The first-order valence-corrected chi connectivity index (χ1v) is 4.79. The summed E-state index contributed by atoms with van der Waals surface area (Å²) >= 11 is 1.68. The Labute approximate surface area is 76.0 Å². The van der Waals surface area contributed by atoms with Gasteiger partial charge >= 0.3 is 0 Å². The maximum absolute atomic E-state index is 5.44. The Morgan fingerprint density at radius 1 is 1.42 bits per heavy atom. The molecule has 0 aliphatic heterocycles. The van der Waals surface area contributed by atoms with E-state index in [0.29, 0.717) is 0 Å². The summed E-state index contributed by atoms with van der Waals surface area (Å²) in [5.74, 6) is 1.00. The van der Waals surface area contributed by atoms with E-state index >= 15 is 0 Å². The highest BCUT2D eigenvalue weighted by Crippen LogP contribution is 2.30. The molecule has 1 aromatic heterocycles. The molecule has 0 aromatic carbocycles. The van der Waals surface area contributed by atoms with Crippen LogP contribution in [0.25, 0.3) is 0 Å². The lowest BCUT2D eigenvalue weighted by atomic mass is 10.2. The van der Waals surface area contributed by atoms with Crippen molar-refractivity contribution < 1.29 is 0 Å². The molecule has 0 unspecified atom stereocenters. The van der Waals surface area contributed by atoms with E-state index in [9.17, 15) is 0 Å². The summed E-state index contributed by atoms with van der Waals surface area (Å²) in [5, 5.41) is 0. The Bertz CT molecular complexity index is 274. The van der Waals surface area contributed by atoms with Crippen molar-refractivity contribution in [2.24, 2.45) is 0 Å². The zero-order valence-corrected chi connectivity index (χ0v) is 8.22. The first-order valence-electron chi connectivity index (χ1n) is 3.56. The maximum Gasteiger partial charge on any atom is 0.223 e. The van der Waals surface area contributed by atoms with Crippen LogP contribution >= 0.6 is 11.8 Å². The summed E-state index contributed by atoms with van der Waals surface area (Å²) < 4.78 is -0.100. The number of hydrogen-bond donors (Lipinski definition) is 1. The molecule has 1 aromatic rings. The molecule has 0 aliphatic rings. The van der Waals surface area contributed by atoms with Crippen molar-refractivity contribution in [3.63, 3.8) is 0 Å². The van der Waals surface area contributed by atoms with Gasteiger partial charge < -0.3 is 5.73 Å². The van der Waals surface area contributed by atoms with Crippen LogP contribution in [-0.4, -0.2) is 21.2 Å². The molecule has 12 heavy (non-hydrogen) atoms. The Morgan fingerprint density at radius 3 is 2.58 bits per heavy atom. The van der Waals surface area contributed by atoms with Gasteiger partial charge in [-0.1, -0.05) is 0 Å². The predicted molar refractivity (Wildman–Crippen MR) is 50.8 cm³/mol. The quantitative estimate of drug-likeness (QED) is 0.744. The van der Waals surface area contributed by atoms with Crippen molar-refractivity contribution in [2.75, 3.05) is 12.0 Å². The van der Waals surface area contributed by atoms with Crippen molar-refractivity contribution in [3.05, 3.63) is 12.2 Å². The third-order valence-corrected chi connectivity index (χ3v) is 2.84. The fraction of sp³-hybridized carbons (Fsp3) is 0.571. The lowest BCUT2D eigenvalue weighted by Gasteiger charge is -2.19. The van der Waals surface area contributed by atoms with Crippen molar-refractivity contribution in [3.8, 4) is 0 Å². The predicted octanol–water partition coefficient (Wildman–Crippen LogP) is 1.05. The fourth-order valence-electron chi connectivity index (χ4n) is 0.690. The largest absolute Gasteiger partial charge is 0.368 e. The minimum Gasteiger partial charge on any atom is -0.368 e. The van der Waals surface area contributed by atoms with Crippen LogP contribution in [-0.2, 0) is 4.75 Å². The van der Waals surface area contributed by atoms with E-state index in [1.807, 2.05) is 20.1 Å². The molecular weight excluding hydrogens is 172 g/mol. The molecule has 0 saturated carbocycles. The van der Waals surface area contributed by atoms with E-state index in [1.54, 1.807) is 11.8 Å². The topological polar surface area (TPSA) is 64.7 Å². The molecule has 1 rings (SSSR count). The van der Waals surface area contributed by atoms with Crippen LogP contribution in [0, 0.1) is 0 Å². The Hall–Kier alpha value is -0.840. The first kappa shape index (κ1) is 9.25. The Morgan fingerprint density at radius 2 is 2.08 bits per heavy atom. The van der Waals surface area contributed by atoms with Gasteiger partial charge in [-0.25, -0.2) is 9.97 Å². The summed E-state index contributed by atoms with van der Waals surface area (Å²) in [4.78, 5) is 11.8. The molecule has 0 fully saturated rings. The van der Waals surface area contributed by atoms with Gasteiger partial charge in [0, 0.05) is 0 Å². The van der Waals surface area contributed by atoms with Crippen molar-refractivity contribution in [2.45, 2.75) is 18.6 Å². The molecule has 1 heterocycles. The summed E-state index contributed by atoms with van der Waals surface area (Å²) in [7, 11) is 0. The minimum absolute atomic E-state index is 0.100. The molecule has 2 N–H and O–H groups in total. The van der Waals surface area contributed by atoms with Crippen molar-refractivity contribution >= 4 is 17.7 Å². The number of hydrogen-bond acceptors (Lipinski definition) is 5. The van der Waals surface area contributed by atoms with Crippen molar-refractivity contribution in [1.29, 1.82) is 0 Å². The first-order chi connectivity index (χ1) is 5.56. The molecule has 0 radical (unpaired) electrons. The maximum atomic E-state index is 5.44. The van der Waals surface area contributed by atoms with E-state index in [-0.39, 0.29) is 10.7 Å². The smallest absolute Gasteiger partial charge is 0.223 e. The van der Waals surface area contributed by atoms with Gasteiger partial charge in [-0.3, -0.25) is 0 Å². The zero-order valence-electron chi connectivity index (χ0n) is 7.40. The molecule has 5 heteroatoms. The van der Waals surface area contributed by atoms with E-state index in [1.165, 1.54) is 6.33 Å². The number of aromatic nitrogens is 3. The van der Waals surface area contributed by atoms with Crippen LogP contribution in [0.15, 0.2) is 6.33 Å². The number of nitrogens with two attached hydrogens (primary N) is 1. The van der Waals surface area contributed by atoms with Gasteiger partial charge in [0.05, 0.1) is 4.75 Å². The standard InChI is InChI=1S/C7H12N4S/c1-7(2,12-3)5-9-4-10-6(8)11-5/h4H,1-3H3,(H2,8,9,10,11). The highest BCUT2D eigenvalue weighted by molar-refractivity contribution is 7.99. The second-order valence-corrected chi connectivity index (χ2v) is 4.31. The zero-order chi connectivity index (χ0) is 9.19. The number of rotatable bonds is 2. The monoisotopic (exact) mass is 184 g/mol. The summed E-state index contributed by atoms with van der Waals surface area (Å²) in [5.41, 5.74) is 5.44. The molecule has 0 amide bonds. The van der Waals surface area contributed by atoms with Crippen molar-refractivity contribution in [1.82, 2.24) is 15.0 Å². The van der Waals surface area contributed by atoms with Gasteiger partial charge in [-0.05, 0) is 20.1 Å². The molecule has 0 bridgehead atoms. The molecule has 4 nitrogen and oxygen atoms in total. The Kier molecular flexibility index (Phi) is 2.52.